The molecule has 0 N–H and O–H groups in total. The lowest BCUT2D eigenvalue weighted by molar-refractivity contribution is 0.412. The minimum atomic E-state index is 0.573. The molecule has 7 heteroatoms. The second kappa shape index (κ2) is 6.64. The lowest BCUT2D eigenvalue weighted by Gasteiger charge is -2.04. The van der Waals surface area contributed by atoms with E-state index < -0.39 is 0 Å². The van der Waals surface area contributed by atoms with E-state index in [1.807, 2.05) is 35.7 Å². The predicted molar refractivity (Wildman–Crippen MR) is 87.9 cm³/mol. The van der Waals surface area contributed by atoms with Gasteiger partial charge in [-0.05, 0) is 45.1 Å². The van der Waals surface area contributed by atoms with Crippen LogP contribution >= 0.6 is 39.0 Å². The molecule has 0 saturated heterocycles. The van der Waals surface area contributed by atoms with Gasteiger partial charge in [0.1, 0.15) is 5.75 Å². The molecule has 21 heavy (non-hydrogen) atoms. The predicted octanol–water partition coefficient (Wildman–Crippen LogP) is 4.86. The summed E-state index contributed by atoms with van der Waals surface area (Å²) in [6, 6.07) is 9.92. The van der Waals surface area contributed by atoms with Gasteiger partial charge in [0.15, 0.2) is 0 Å². The molecule has 2 heterocycles. The van der Waals surface area contributed by atoms with Gasteiger partial charge in [0.25, 0.3) is 11.1 Å². The van der Waals surface area contributed by atoms with Crippen LogP contribution in [-0.4, -0.2) is 17.3 Å². The number of rotatable bonds is 5. The third-order valence-corrected chi connectivity index (χ3v) is 5.08. The van der Waals surface area contributed by atoms with Crippen molar-refractivity contribution in [3.63, 3.8) is 0 Å². The topological polar surface area (TPSA) is 48.2 Å². The number of ether oxygens (including phenoxy) is 1. The Labute approximate surface area is 138 Å². The summed E-state index contributed by atoms with van der Waals surface area (Å²) >= 11 is 6.58. The average Bonchev–Trinajstić information content (AvgIpc) is 3.16. The fraction of sp³-hybridized carbons (Fsp3) is 0.143. The summed E-state index contributed by atoms with van der Waals surface area (Å²) in [7, 11) is 1.65. The van der Waals surface area contributed by atoms with Crippen molar-refractivity contribution in [2.24, 2.45) is 0 Å². The van der Waals surface area contributed by atoms with Crippen molar-refractivity contribution in [1.29, 1.82) is 0 Å². The Bertz CT molecular complexity index is 728. The number of halogens is 1. The van der Waals surface area contributed by atoms with Crippen molar-refractivity contribution in [3.05, 3.63) is 45.7 Å². The van der Waals surface area contributed by atoms with E-state index in [2.05, 4.69) is 26.1 Å². The van der Waals surface area contributed by atoms with Crippen LogP contribution < -0.4 is 4.74 Å². The zero-order valence-electron chi connectivity index (χ0n) is 11.1. The van der Waals surface area contributed by atoms with Crippen molar-refractivity contribution < 1.29 is 9.15 Å². The molecule has 1 aromatic carbocycles. The number of benzene rings is 1. The van der Waals surface area contributed by atoms with Crippen molar-refractivity contribution in [2.75, 3.05) is 7.11 Å². The first-order valence-corrected chi connectivity index (χ1v) is 8.74. The van der Waals surface area contributed by atoms with Crippen LogP contribution in [0.4, 0.5) is 0 Å². The van der Waals surface area contributed by atoms with Gasteiger partial charge < -0.3 is 9.15 Å². The molecule has 0 aliphatic rings. The molecule has 0 aliphatic carbocycles. The minimum Gasteiger partial charge on any atom is -0.496 e. The SMILES string of the molecule is COc1ccc(CSc2nnc(-c3cccs3)o2)cc1Br. The van der Waals surface area contributed by atoms with Crippen molar-refractivity contribution >= 4 is 39.0 Å². The van der Waals surface area contributed by atoms with Crippen molar-refractivity contribution in [2.45, 2.75) is 11.0 Å². The van der Waals surface area contributed by atoms with Crippen LogP contribution in [0.5, 0.6) is 5.75 Å². The van der Waals surface area contributed by atoms with E-state index in [1.165, 1.54) is 11.8 Å². The Kier molecular flexibility index (Phi) is 4.62. The van der Waals surface area contributed by atoms with E-state index in [4.69, 9.17) is 9.15 Å². The van der Waals surface area contributed by atoms with E-state index in [0.29, 0.717) is 11.1 Å². The minimum absolute atomic E-state index is 0.573. The van der Waals surface area contributed by atoms with Gasteiger partial charge in [-0.25, -0.2) is 0 Å². The van der Waals surface area contributed by atoms with Crippen LogP contribution in [0.1, 0.15) is 5.56 Å². The molecular weight excluding hydrogens is 372 g/mol. The van der Waals surface area contributed by atoms with Crippen LogP contribution in [0.25, 0.3) is 10.8 Å². The standard InChI is InChI=1S/C14H11BrN2O2S2/c1-18-11-5-4-9(7-10(11)15)8-21-14-17-16-13(19-14)12-3-2-6-20-12/h2-7H,8H2,1H3. The fourth-order valence-corrected chi connectivity index (χ4v) is 3.65. The third-order valence-electron chi connectivity index (χ3n) is 2.72. The summed E-state index contributed by atoms with van der Waals surface area (Å²) in [5.74, 6) is 2.15. The van der Waals surface area contributed by atoms with Gasteiger partial charge in [0.2, 0.25) is 0 Å². The van der Waals surface area contributed by atoms with E-state index in [0.717, 1.165) is 26.4 Å². The maximum absolute atomic E-state index is 5.64. The van der Waals surface area contributed by atoms with Crippen molar-refractivity contribution in [1.82, 2.24) is 10.2 Å². The summed E-state index contributed by atoms with van der Waals surface area (Å²) in [5, 5.41) is 10.7. The monoisotopic (exact) mass is 382 g/mol. The Balaban J connectivity index is 1.66. The Hall–Kier alpha value is -1.31. The molecule has 0 bridgehead atoms. The lowest BCUT2D eigenvalue weighted by atomic mass is 10.2. The molecule has 0 aliphatic heterocycles. The summed E-state index contributed by atoms with van der Waals surface area (Å²) in [6.07, 6.45) is 0. The van der Waals surface area contributed by atoms with Gasteiger partial charge in [0.05, 0.1) is 16.5 Å². The summed E-state index contributed by atoms with van der Waals surface area (Å²) in [4.78, 5) is 0.988. The number of thioether (sulfide) groups is 1. The van der Waals surface area contributed by atoms with Gasteiger partial charge in [0, 0.05) is 5.75 Å². The first-order valence-electron chi connectivity index (χ1n) is 6.09. The largest absolute Gasteiger partial charge is 0.496 e. The van der Waals surface area contributed by atoms with Gasteiger partial charge in [-0.2, -0.15) is 0 Å². The quantitative estimate of drug-likeness (QED) is 0.589. The zero-order valence-corrected chi connectivity index (χ0v) is 14.3. The molecule has 0 radical (unpaired) electrons. The average molecular weight is 383 g/mol. The number of aromatic nitrogens is 2. The zero-order chi connectivity index (χ0) is 14.7. The first-order chi connectivity index (χ1) is 10.3. The van der Waals surface area contributed by atoms with Crippen LogP contribution in [0.2, 0.25) is 0 Å². The fourth-order valence-electron chi connectivity index (χ4n) is 1.71. The van der Waals surface area contributed by atoms with E-state index in [9.17, 15) is 0 Å². The first kappa shape index (κ1) is 14.6. The molecule has 0 spiro atoms. The maximum atomic E-state index is 5.64. The molecular formula is C14H11BrN2O2S2. The summed E-state index contributed by atoms with van der Waals surface area (Å²) in [6.45, 7) is 0. The molecule has 3 rings (SSSR count). The number of nitrogens with zero attached hydrogens (tertiary/aromatic N) is 2. The smallest absolute Gasteiger partial charge is 0.277 e. The molecule has 0 unspecified atom stereocenters. The van der Waals surface area contributed by atoms with Crippen LogP contribution in [0.3, 0.4) is 0 Å². The van der Waals surface area contributed by atoms with Crippen LogP contribution in [-0.2, 0) is 5.75 Å². The molecule has 2 aromatic heterocycles. The molecule has 0 amide bonds. The molecule has 4 nitrogen and oxygen atoms in total. The van der Waals surface area contributed by atoms with E-state index >= 15 is 0 Å². The Morgan fingerprint density at radius 1 is 1.33 bits per heavy atom. The van der Waals surface area contributed by atoms with Gasteiger partial charge in [-0.15, -0.1) is 21.5 Å². The number of hydrogen-bond donors (Lipinski definition) is 0. The van der Waals surface area contributed by atoms with Crippen molar-refractivity contribution in [3.8, 4) is 16.5 Å². The molecule has 0 saturated carbocycles. The number of hydrogen-bond acceptors (Lipinski definition) is 6. The maximum Gasteiger partial charge on any atom is 0.277 e. The van der Waals surface area contributed by atoms with Crippen LogP contribution in [0, 0.1) is 0 Å². The normalized spacial score (nSPS) is 10.8. The molecule has 0 atom stereocenters. The summed E-state index contributed by atoms with van der Waals surface area (Å²) < 4.78 is 11.8. The highest BCUT2D eigenvalue weighted by Gasteiger charge is 2.10. The number of thiophene rings is 1. The van der Waals surface area contributed by atoms with E-state index in [-0.39, 0.29) is 0 Å². The van der Waals surface area contributed by atoms with Gasteiger partial charge >= 0.3 is 0 Å². The van der Waals surface area contributed by atoms with Crippen LogP contribution in [0.15, 0.2) is 49.8 Å². The highest BCUT2D eigenvalue weighted by Crippen LogP contribution is 2.30. The lowest BCUT2D eigenvalue weighted by Crippen LogP contribution is -1.86. The molecule has 0 fully saturated rings. The third kappa shape index (κ3) is 3.48. The second-order valence-electron chi connectivity index (χ2n) is 4.11. The van der Waals surface area contributed by atoms with Gasteiger partial charge in [-0.3, -0.25) is 0 Å². The Morgan fingerprint density at radius 3 is 2.95 bits per heavy atom. The summed E-state index contributed by atoms with van der Waals surface area (Å²) in [5.41, 5.74) is 1.16. The number of methoxy groups -OCH3 is 1. The second-order valence-corrected chi connectivity index (χ2v) is 6.84. The molecule has 3 aromatic rings. The molecule has 108 valence electrons. The van der Waals surface area contributed by atoms with Gasteiger partial charge in [-0.1, -0.05) is 23.9 Å². The highest BCUT2D eigenvalue weighted by molar-refractivity contribution is 9.10. The Morgan fingerprint density at radius 2 is 2.24 bits per heavy atom. The highest BCUT2D eigenvalue weighted by atomic mass is 79.9. The van der Waals surface area contributed by atoms with E-state index in [1.54, 1.807) is 18.4 Å².